The number of rotatable bonds is 7. The fraction of sp³-hybridized carbons (Fsp3) is 0.321. The van der Waals surface area contributed by atoms with E-state index < -0.39 is 10.0 Å². The lowest BCUT2D eigenvalue weighted by molar-refractivity contribution is 0.0985. The number of piperidine rings is 1. The zero-order valence-electron chi connectivity index (χ0n) is 21.6. The number of aromatic nitrogens is 2. The Labute approximate surface area is 227 Å². The van der Waals surface area contributed by atoms with Crippen LogP contribution in [0.3, 0.4) is 0 Å². The molecule has 8 nitrogen and oxygen atoms in total. The standard InChI is InChI=1S/C28H30N4O4S2/c1-19-14-20(2)17-31(16-19)38(34,35)23-11-9-22(10-12-23)27(33)32(18-21-6-5-13-29-15-21)28-30-26-24(36-3)7-4-8-25(26)37-28/h4-13,15,19-20H,14,16-18H2,1-3H3. The second-order valence-electron chi connectivity index (χ2n) is 9.85. The van der Waals surface area contributed by atoms with Crippen molar-refractivity contribution in [1.82, 2.24) is 14.3 Å². The monoisotopic (exact) mass is 550 g/mol. The molecule has 0 saturated carbocycles. The summed E-state index contributed by atoms with van der Waals surface area (Å²) in [5.74, 6) is 0.969. The number of amides is 1. The van der Waals surface area contributed by atoms with Gasteiger partial charge in [-0.05, 0) is 66.3 Å². The first kappa shape index (κ1) is 26.3. The van der Waals surface area contributed by atoms with Gasteiger partial charge in [0.1, 0.15) is 11.3 Å². The second kappa shape index (κ2) is 10.8. The van der Waals surface area contributed by atoms with E-state index in [0.717, 1.165) is 16.7 Å². The fourth-order valence-corrected chi connectivity index (χ4v) is 7.63. The van der Waals surface area contributed by atoms with Crippen molar-refractivity contribution in [2.75, 3.05) is 25.1 Å². The number of para-hydroxylation sites is 1. The lowest BCUT2D eigenvalue weighted by Gasteiger charge is -2.34. The molecule has 198 valence electrons. The van der Waals surface area contributed by atoms with Crippen molar-refractivity contribution < 1.29 is 17.9 Å². The normalized spacial score (nSPS) is 18.4. The average molecular weight is 551 g/mol. The third-order valence-corrected chi connectivity index (χ3v) is 9.59. The molecular formula is C28H30N4O4S2. The molecule has 1 amide bonds. The van der Waals surface area contributed by atoms with Crippen molar-refractivity contribution in [3.05, 3.63) is 78.1 Å². The Morgan fingerprint density at radius 2 is 1.82 bits per heavy atom. The zero-order chi connectivity index (χ0) is 26.9. The van der Waals surface area contributed by atoms with Gasteiger partial charge in [0.25, 0.3) is 5.91 Å². The fourth-order valence-electron chi connectivity index (χ4n) is 4.97. The number of anilines is 1. The largest absolute Gasteiger partial charge is 0.494 e. The van der Waals surface area contributed by atoms with Gasteiger partial charge in [-0.25, -0.2) is 13.4 Å². The van der Waals surface area contributed by atoms with Gasteiger partial charge in [0, 0.05) is 31.0 Å². The van der Waals surface area contributed by atoms with Crippen LogP contribution in [0.15, 0.2) is 71.9 Å². The molecular weight excluding hydrogens is 520 g/mol. The Morgan fingerprint density at radius 1 is 1.08 bits per heavy atom. The molecule has 10 heteroatoms. The van der Waals surface area contributed by atoms with E-state index in [0.29, 0.717) is 46.9 Å². The van der Waals surface area contributed by atoms with E-state index in [1.165, 1.54) is 23.5 Å². The first-order valence-corrected chi connectivity index (χ1v) is 14.8. The highest BCUT2D eigenvalue weighted by atomic mass is 32.2. The van der Waals surface area contributed by atoms with Crippen molar-refractivity contribution in [1.29, 1.82) is 0 Å². The average Bonchev–Trinajstić information content (AvgIpc) is 3.36. The predicted molar refractivity (Wildman–Crippen MR) is 149 cm³/mol. The van der Waals surface area contributed by atoms with E-state index in [1.54, 1.807) is 40.8 Å². The summed E-state index contributed by atoms with van der Waals surface area (Å²) >= 11 is 1.39. The van der Waals surface area contributed by atoms with Crippen molar-refractivity contribution in [2.24, 2.45) is 11.8 Å². The lowest BCUT2D eigenvalue weighted by atomic mass is 9.94. The number of hydrogen-bond donors (Lipinski definition) is 0. The highest BCUT2D eigenvalue weighted by Crippen LogP contribution is 2.35. The number of methoxy groups -OCH3 is 1. The molecule has 3 heterocycles. The van der Waals surface area contributed by atoms with E-state index in [4.69, 9.17) is 9.72 Å². The van der Waals surface area contributed by atoms with Crippen molar-refractivity contribution in [3.63, 3.8) is 0 Å². The van der Waals surface area contributed by atoms with Gasteiger partial charge in [0.05, 0.1) is 23.2 Å². The molecule has 1 aliphatic rings. The number of ether oxygens (including phenoxy) is 1. The van der Waals surface area contributed by atoms with E-state index in [-0.39, 0.29) is 17.3 Å². The molecule has 0 radical (unpaired) electrons. The summed E-state index contributed by atoms with van der Waals surface area (Å²) in [7, 11) is -2.05. The first-order chi connectivity index (χ1) is 18.3. The Hall–Kier alpha value is -3.34. The number of carbonyl (C=O) groups is 1. The van der Waals surface area contributed by atoms with Crippen LogP contribution in [0.4, 0.5) is 5.13 Å². The minimum Gasteiger partial charge on any atom is -0.494 e. The van der Waals surface area contributed by atoms with Crippen molar-refractivity contribution in [2.45, 2.75) is 31.7 Å². The van der Waals surface area contributed by atoms with Crippen LogP contribution in [-0.4, -0.2) is 48.8 Å². The predicted octanol–water partition coefficient (Wildman–Crippen LogP) is 5.21. The third kappa shape index (κ3) is 5.29. The van der Waals surface area contributed by atoms with Gasteiger partial charge < -0.3 is 4.74 Å². The highest BCUT2D eigenvalue weighted by Gasteiger charge is 2.32. The van der Waals surface area contributed by atoms with Crippen molar-refractivity contribution >= 4 is 42.6 Å². The summed E-state index contributed by atoms with van der Waals surface area (Å²) in [5.41, 5.74) is 1.91. The Bertz CT molecular complexity index is 1530. The molecule has 2 atom stereocenters. The summed E-state index contributed by atoms with van der Waals surface area (Å²) in [6, 6.07) is 15.6. The Balaban J connectivity index is 1.47. The molecule has 4 aromatic rings. The Kier molecular flexibility index (Phi) is 7.47. The highest BCUT2D eigenvalue weighted by molar-refractivity contribution is 7.89. The van der Waals surface area contributed by atoms with Crippen LogP contribution in [0.25, 0.3) is 10.2 Å². The number of sulfonamides is 1. The minimum absolute atomic E-state index is 0.193. The number of carbonyl (C=O) groups excluding carboxylic acids is 1. The number of pyridine rings is 1. The van der Waals surface area contributed by atoms with E-state index in [9.17, 15) is 13.2 Å². The maximum atomic E-state index is 13.8. The van der Waals surface area contributed by atoms with Crippen LogP contribution in [-0.2, 0) is 16.6 Å². The zero-order valence-corrected chi connectivity index (χ0v) is 23.2. The van der Waals surface area contributed by atoms with Gasteiger partial charge in [0.2, 0.25) is 10.0 Å². The molecule has 2 aromatic carbocycles. The number of fused-ring (bicyclic) bond motifs is 1. The van der Waals surface area contributed by atoms with Crippen molar-refractivity contribution in [3.8, 4) is 5.75 Å². The number of thiazole rings is 1. The molecule has 2 unspecified atom stereocenters. The summed E-state index contributed by atoms with van der Waals surface area (Å²) in [4.78, 5) is 24.5. The van der Waals surface area contributed by atoms with Crippen LogP contribution in [0.5, 0.6) is 5.75 Å². The van der Waals surface area contributed by atoms with Gasteiger partial charge in [-0.3, -0.25) is 14.7 Å². The maximum Gasteiger partial charge on any atom is 0.260 e. The summed E-state index contributed by atoms with van der Waals surface area (Å²) in [6.07, 6.45) is 4.41. The first-order valence-electron chi connectivity index (χ1n) is 12.5. The molecule has 0 bridgehead atoms. The topological polar surface area (TPSA) is 92.7 Å². The molecule has 0 aliphatic carbocycles. The van der Waals surface area contributed by atoms with E-state index >= 15 is 0 Å². The molecule has 0 N–H and O–H groups in total. The summed E-state index contributed by atoms with van der Waals surface area (Å²) in [5, 5.41) is 0.520. The molecule has 2 aromatic heterocycles. The number of benzene rings is 2. The van der Waals surface area contributed by atoms with Crippen LogP contribution < -0.4 is 9.64 Å². The molecule has 1 aliphatic heterocycles. The van der Waals surface area contributed by atoms with Gasteiger partial charge in [-0.15, -0.1) is 0 Å². The van der Waals surface area contributed by atoms with Gasteiger partial charge in [-0.2, -0.15) is 4.31 Å². The third-order valence-electron chi connectivity index (χ3n) is 6.70. The molecule has 1 saturated heterocycles. The van der Waals surface area contributed by atoms with E-state index in [2.05, 4.69) is 18.8 Å². The van der Waals surface area contributed by atoms with Gasteiger partial charge in [0.15, 0.2) is 5.13 Å². The molecule has 38 heavy (non-hydrogen) atoms. The smallest absolute Gasteiger partial charge is 0.260 e. The minimum atomic E-state index is -3.64. The van der Waals surface area contributed by atoms with E-state index in [1.807, 2.05) is 30.3 Å². The van der Waals surface area contributed by atoms with Crippen LogP contribution in [0.1, 0.15) is 36.2 Å². The quantitative estimate of drug-likeness (QED) is 0.314. The van der Waals surface area contributed by atoms with Crippen LogP contribution >= 0.6 is 11.3 Å². The number of hydrogen-bond acceptors (Lipinski definition) is 7. The molecule has 0 spiro atoms. The van der Waals surface area contributed by atoms with Gasteiger partial charge in [-0.1, -0.05) is 37.3 Å². The lowest BCUT2D eigenvalue weighted by Crippen LogP contribution is -2.42. The SMILES string of the molecule is COc1cccc2sc(N(Cc3cccnc3)C(=O)c3ccc(S(=O)(=O)N4CC(C)CC(C)C4)cc3)nc12. The molecule has 5 rings (SSSR count). The number of nitrogens with zero attached hydrogens (tertiary/aromatic N) is 4. The van der Waals surface area contributed by atoms with Crippen LogP contribution in [0, 0.1) is 11.8 Å². The van der Waals surface area contributed by atoms with Crippen LogP contribution in [0.2, 0.25) is 0 Å². The maximum absolute atomic E-state index is 13.8. The summed E-state index contributed by atoms with van der Waals surface area (Å²) in [6.45, 7) is 5.43. The summed E-state index contributed by atoms with van der Waals surface area (Å²) < 4.78 is 34.6. The van der Waals surface area contributed by atoms with Gasteiger partial charge >= 0.3 is 0 Å². The second-order valence-corrected chi connectivity index (χ2v) is 12.8. The molecule has 1 fully saturated rings. The Morgan fingerprint density at radius 3 is 2.47 bits per heavy atom.